The molecule has 0 spiro atoms. The lowest BCUT2D eigenvalue weighted by Gasteiger charge is -2.12. The zero-order valence-electron chi connectivity index (χ0n) is 10.5. The van der Waals surface area contributed by atoms with Crippen molar-refractivity contribution in [2.24, 2.45) is 0 Å². The largest absolute Gasteiger partial charge is 0.507 e. The van der Waals surface area contributed by atoms with Crippen molar-refractivity contribution < 1.29 is 15.1 Å². The molecular formula is C15H15NO3. The van der Waals surface area contributed by atoms with E-state index in [9.17, 15) is 9.90 Å². The van der Waals surface area contributed by atoms with Crippen molar-refractivity contribution in [3.8, 4) is 16.9 Å². The maximum Gasteiger partial charge on any atom is 0.250 e. The average Bonchev–Trinajstić information content (AvgIpc) is 2.46. The molecular weight excluding hydrogens is 242 g/mol. The van der Waals surface area contributed by atoms with Gasteiger partial charge in [-0.1, -0.05) is 42.5 Å². The molecule has 0 aliphatic rings. The second-order valence-corrected chi connectivity index (χ2v) is 4.34. The molecule has 1 atom stereocenters. The summed E-state index contributed by atoms with van der Waals surface area (Å²) in [5.41, 5.74) is 3.87. The van der Waals surface area contributed by atoms with Gasteiger partial charge in [0.15, 0.2) is 0 Å². The second-order valence-electron chi connectivity index (χ2n) is 4.34. The lowest BCUT2D eigenvalue weighted by atomic mass is 9.96. The molecule has 0 aliphatic carbocycles. The number of nitrogens with one attached hydrogen (secondary N) is 1. The van der Waals surface area contributed by atoms with Crippen LogP contribution >= 0.6 is 0 Å². The molecule has 0 heterocycles. The number of phenols is 1. The van der Waals surface area contributed by atoms with E-state index in [0.29, 0.717) is 11.1 Å². The van der Waals surface area contributed by atoms with E-state index in [2.05, 4.69) is 0 Å². The lowest BCUT2D eigenvalue weighted by molar-refractivity contribution is -0.130. The van der Waals surface area contributed by atoms with E-state index in [1.807, 2.05) is 30.3 Å². The Labute approximate surface area is 111 Å². The van der Waals surface area contributed by atoms with Gasteiger partial charge in [0, 0.05) is 5.56 Å². The van der Waals surface area contributed by atoms with Gasteiger partial charge in [-0.3, -0.25) is 10.0 Å². The van der Waals surface area contributed by atoms with Gasteiger partial charge < -0.3 is 5.11 Å². The molecule has 0 saturated heterocycles. The number of carbonyl (C=O) groups is 1. The first-order valence-corrected chi connectivity index (χ1v) is 5.95. The minimum absolute atomic E-state index is 0.112. The van der Waals surface area contributed by atoms with E-state index >= 15 is 0 Å². The van der Waals surface area contributed by atoms with Crippen LogP contribution in [0.3, 0.4) is 0 Å². The van der Waals surface area contributed by atoms with E-state index < -0.39 is 11.8 Å². The number of amides is 1. The number of hydrogen-bond donors (Lipinski definition) is 3. The highest BCUT2D eigenvalue weighted by atomic mass is 16.5. The number of rotatable bonds is 3. The quantitative estimate of drug-likeness (QED) is 0.585. The summed E-state index contributed by atoms with van der Waals surface area (Å²) in [5.74, 6) is -0.922. The summed E-state index contributed by atoms with van der Waals surface area (Å²) in [6.45, 7) is 1.66. The third-order valence-electron chi connectivity index (χ3n) is 3.11. The lowest BCUT2D eigenvalue weighted by Crippen LogP contribution is -2.24. The maximum atomic E-state index is 11.3. The highest BCUT2D eigenvalue weighted by Gasteiger charge is 2.16. The van der Waals surface area contributed by atoms with Gasteiger partial charge in [-0.2, -0.15) is 0 Å². The van der Waals surface area contributed by atoms with Crippen LogP contribution in [0.5, 0.6) is 5.75 Å². The predicted octanol–water partition coefficient (Wildman–Crippen LogP) is 2.67. The zero-order valence-corrected chi connectivity index (χ0v) is 10.5. The molecule has 0 aromatic heterocycles. The van der Waals surface area contributed by atoms with Gasteiger partial charge in [-0.05, 0) is 24.1 Å². The van der Waals surface area contributed by atoms with Crippen LogP contribution in [0.15, 0.2) is 48.5 Å². The van der Waals surface area contributed by atoms with Gasteiger partial charge in [-0.25, -0.2) is 5.48 Å². The van der Waals surface area contributed by atoms with Crippen molar-refractivity contribution in [2.75, 3.05) is 0 Å². The van der Waals surface area contributed by atoms with E-state index in [4.69, 9.17) is 5.21 Å². The van der Waals surface area contributed by atoms with Crippen LogP contribution in [0.2, 0.25) is 0 Å². The fraction of sp³-hybridized carbons (Fsp3) is 0.133. The van der Waals surface area contributed by atoms with Crippen LogP contribution in [0.1, 0.15) is 18.4 Å². The molecule has 4 nitrogen and oxygen atoms in total. The first kappa shape index (κ1) is 13.1. The van der Waals surface area contributed by atoms with E-state index in [0.717, 1.165) is 5.56 Å². The predicted molar refractivity (Wildman–Crippen MR) is 71.9 cm³/mol. The second kappa shape index (κ2) is 5.54. The molecule has 19 heavy (non-hydrogen) atoms. The maximum absolute atomic E-state index is 11.3. The third-order valence-corrected chi connectivity index (χ3v) is 3.11. The van der Waals surface area contributed by atoms with E-state index in [1.54, 1.807) is 30.6 Å². The number of aromatic hydroxyl groups is 1. The summed E-state index contributed by atoms with van der Waals surface area (Å²) in [6, 6.07) is 14.6. The Hall–Kier alpha value is -2.33. The summed E-state index contributed by atoms with van der Waals surface area (Å²) in [5, 5.41) is 18.7. The van der Waals surface area contributed by atoms with E-state index in [-0.39, 0.29) is 5.75 Å². The summed E-state index contributed by atoms with van der Waals surface area (Å²) < 4.78 is 0. The summed E-state index contributed by atoms with van der Waals surface area (Å²) in [7, 11) is 0. The van der Waals surface area contributed by atoms with Gasteiger partial charge in [0.1, 0.15) is 5.75 Å². The number of benzene rings is 2. The van der Waals surface area contributed by atoms with Gasteiger partial charge in [-0.15, -0.1) is 0 Å². The number of hydrogen-bond acceptors (Lipinski definition) is 3. The van der Waals surface area contributed by atoms with Gasteiger partial charge in [0.05, 0.1) is 5.92 Å². The Morgan fingerprint density at radius 2 is 1.84 bits per heavy atom. The van der Waals surface area contributed by atoms with Gasteiger partial charge in [0.2, 0.25) is 0 Å². The standard InChI is InChI=1S/C15H15NO3/c1-10(15(18)16-19)12-7-8-13(14(17)9-12)11-5-3-2-4-6-11/h2-10,17,19H,1H3,(H,16,18). The molecule has 0 radical (unpaired) electrons. The monoisotopic (exact) mass is 257 g/mol. The average molecular weight is 257 g/mol. The highest BCUT2D eigenvalue weighted by Crippen LogP contribution is 2.31. The summed E-state index contributed by atoms with van der Waals surface area (Å²) >= 11 is 0. The fourth-order valence-corrected chi connectivity index (χ4v) is 1.93. The van der Waals surface area contributed by atoms with Gasteiger partial charge in [0.25, 0.3) is 5.91 Å². The van der Waals surface area contributed by atoms with Crippen LogP contribution in [0.4, 0.5) is 0 Å². The molecule has 98 valence electrons. The Morgan fingerprint density at radius 1 is 1.16 bits per heavy atom. The molecule has 3 N–H and O–H groups in total. The topological polar surface area (TPSA) is 69.6 Å². The normalized spacial score (nSPS) is 11.9. The molecule has 4 heteroatoms. The van der Waals surface area contributed by atoms with Crippen molar-refractivity contribution in [1.82, 2.24) is 5.48 Å². The fourth-order valence-electron chi connectivity index (χ4n) is 1.93. The molecule has 2 aromatic carbocycles. The molecule has 1 unspecified atom stereocenters. The Morgan fingerprint density at radius 3 is 2.42 bits per heavy atom. The molecule has 2 rings (SSSR count). The highest BCUT2D eigenvalue weighted by molar-refractivity contribution is 5.83. The SMILES string of the molecule is CC(C(=O)NO)c1ccc(-c2ccccc2)c(O)c1. The summed E-state index contributed by atoms with van der Waals surface area (Å²) in [6.07, 6.45) is 0. The van der Waals surface area contributed by atoms with Crippen molar-refractivity contribution in [2.45, 2.75) is 12.8 Å². The Kier molecular flexibility index (Phi) is 3.82. The van der Waals surface area contributed by atoms with Crippen LogP contribution in [-0.2, 0) is 4.79 Å². The van der Waals surface area contributed by atoms with Crippen molar-refractivity contribution in [3.63, 3.8) is 0 Å². The molecule has 0 aliphatic heterocycles. The smallest absolute Gasteiger partial charge is 0.250 e. The van der Waals surface area contributed by atoms with Crippen LogP contribution < -0.4 is 5.48 Å². The van der Waals surface area contributed by atoms with E-state index in [1.165, 1.54) is 0 Å². The van der Waals surface area contributed by atoms with Crippen LogP contribution in [-0.4, -0.2) is 16.2 Å². The van der Waals surface area contributed by atoms with Gasteiger partial charge >= 0.3 is 0 Å². The zero-order chi connectivity index (χ0) is 13.8. The Balaban J connectivity index is 2.35. The third kappa shape index (κ3) is 2.74. The summed E-state index contributed by atoms with van der Waals surface area (Å²) in [4.78, 5) is 11.3. The molecule has 0 saturated carbocycles. The molecule has 0 fully saturated rings. The van der Waals surface area contributed by atoms with Crippen molar-refractivity contribution >= 4 is 5.91 Å². The number of carbonyl (C=O) groups excluding carboxylic acids is 1. The molecule has 0 bridgehead atoms. The van der Waals surface area contributed by atoms with Crippen molar-refractivity contribution in [1.29, 1.82) is 0 Å². The first-order valence-electron chi connectivity index (χ1n) is 5.95. The van der Waals surface area contributed by atoms with Crippen LogP contribution in [0, 0.1) is 0 Å². The van der Waals surface area contributed by atoms with Crippen LogP contribution in [0.25, 0.3) is 11.1 Å². The number of phenolic OH excluding ortho intramolecular Hbond substituents is 1. The number of hydroxylamine groups is 1. The van der Waals surface area contributed by atoms with Crippen molar-refractivity contribution in [3.05, 3.63) is 54.1 Å². The Bertz CT molecular complexity index is 581. The first-order chi connectivity index (χ1) is 9.13. The minimum atomic E-state index is -0.527. The molecule has 1 amide bonds. The molecule has 2 aromatic rings. The minimum Gasteiger partial charge on any atom is -0.507 e.